The van der Waals surface area contributed by atoms with Crippen LogP contribution in [0.25, 0.3) is 10.9 Å². The zero-order chi connectivity index (χ0) is 13.2. The third-order valence-corrected chi connectivity index (χ3v) is 3.57. The van der Waals surface area contributed by atoms with Gasteiger partial charge in [-0.2, -0.15) is 4.98 Å². The van der Waals surface area contributed by atoms with Gasteiger partial charge in [-0.15, -0.1) is 0 Å². The first-order chi connectivity index (χ1) is 9.28. The van der Waals surface area contributed by atoms with E-state index in [4.69, 9.17) is 5.73 Å². The van der Waals surface area contributed by atoms with Crippen molar-refractivity contribution in [1.82, 2.24) is 9.97 Å². The molecule has 4 nitrogen and oxygen atoms in total. The highest BCUT2D eigenvalue weighted by Gasteiger charge is 2.25. The Balaban J connectivity index is 2.04. The van der Waals surface area contributed by atoms with Crippen LogP contribution >= 0.6 is 0 Å². The summed E-state index contributed by atoms with van der Waals surface area (Å²) in [6, 6.07) is 8.11. The average Bonchev–Trinajstić information content (AvgIpc) is 3.21. The van der Waals surface area contributed by atoms with E-state index in [2.05, 4.69) is 27.9 Å². The van der Waals surface area contributed by atoms with Gasteiger partial charge in [0.2, 0.25) is 5.95 Å². The maximum atomic E-state index is 5.86. The van der Waals surface area contributed by atoms with Crippen molar-refractivity contribution in [2.24, 2.45) is 5.92 Å². The van der Waals surface area contributed by atoms with Gasteiger partial charge in [-0.3, -0.25) is 0 Å². The summed E-state index contributed by atoms with van der Waals surface area (Å²) in [5.41, 5.74) is 6.79. The predicted molar refractivity (Wildman–Crippen MR) is 79.2 cm³/mol. The molecule has 1 saturated carbocycles. The number of fused-ring (bicyclic) bond motifs is 1. The first kappa shape index (κ1) is 12.2. The number of hydrogen-bond acceptors (Lipinski definition) is 4. The van der Waals surface area contributed by atoms with Crippen molar-refractivity contribution in [3.8, 4) is 0 Å². The van der Waals surface area contributed by atoms with Crippen LogP contribution in [0.15, 0.2) is 24.3 Å². The number of rotatable bonds is 5. The SMILES string of the molecule is CCCN(CC1CC1)c1nc(N)nc2ccccc12. The third kappa shape index (κ3) is 2.62. The van der Waals surface area contributed by atoms with Crippen LogP contribution in [-0.2, 0) is 0 Å². The van der Waals surface area contributed by atoms with Crippen molar-refractivity contribution < 1.29 is 0 Å². The summed E-state index contributed by atoms with van der Waals surface area (Å²) in [5.74, 6) is 2.20. The number of benzene rings is 1. The van der Waals surface area contributed by atoms with E-state index in [0.717, 1.165) is 42.1 Å². The summed E-state index contributed by atoms with van der Waals surface area (Å²) in [6.45, 7) is 4.32. The van der Waals surface area contributed by atoms with Crippen molar-refractivity contribution in [1.29, 1.82) is 0 Å². The molecule has 0 radical (unpaired) electrons. The van der Waals surface area contributed by atoms with E-state index in [0.29, 0.717) is 5.95 Å². The molecule has 1 aliphatic carbocycles. The largest absolute Gasteiger partial charge is 0.368 e. The maximum Gasteiger partial charge on any atom is 0.222 e. The molecule has 0 atom stereocenters. The van der Waals surface area contributed by atoms with Gasteiger partial charge in [0.15, 0.2) is 0 Å². The van der Waals surface area contributed by atoms with Gasteiger partial charge in [0, 0.05) is 18.5 Å². The fraction of sp³-hybridized carbons (Fsp3) is 0.467. The van der Waals surface area contributed by atoms with Crippen molar-refractivity contribution in [2.45, 2.75) is 26.2 Å². The minimum Gasteiger partial charge on any atom is -0.368 e. The molecule has 2 aromatic rings. The quantitative estimate of drug-likeness (QED) is 0.893. The van der Waals surface area contributed by atoms with Gasteiger partial charge in [-0.25, -0.2) is 4.98 Å². The molecule has 0 amide bonds. The first-order valence-electron chi connectivity index (χ1n) is 7.05. The molecule has 2 N–H and O–H groups in total. The Morgan fingerprint density at radius 2 is 2.05 bits per heavy atom. The summed E-state index contributed by atoms with van der Waals surface area (Å²) in [5, 5.41) is 1.10. The molecule has 0 bridgehead atoms. The van der Waals surface area contributed by atoms with E-state index < -0.39 is 0 Å². The number of hydrogen-bond donors (Lipinski definition) is 1. The van der Waals surface area contributed by atoms with Crippen molar-refractivity contribution >= 4 is 22.7 Å². The zero-order valence-electron chi connectivity index (χ0n) is 11.3. The van der Waals surface area contributed by atoms with Crippen molar-refractivity contribution in [3.05, 3.63) is 24.3 Å². The molecular formula is C15H20N4. The van der Waals surface area contributed by atoms with Gasteiger partial charge in [0.25, 0.3) is 0 Å². The highest BCUT2D eigenvalue weighted by Crippen LogP contribution is 2.33. The lowest BCUT2D eigenvalue weighted by atomic mass is 10.2. The molecule has 1 fully saturated rings. The number of para-hydroxylation sites is 1. The van der Waals surface area contributed by atoms with Crippen LogP contribution in [0.1, 0.15) is 26.2 Å². The molecule has 100 valence electrons. The number of nitrogens with two attached hydrogens (primary N) is 1. The monoisotopic (exact) mass is 256 g/mol. The standard InChI is InChI=1S/C15H20N4/c1-2-9-19(10-11-7-8-11)14-12-5-3-4-6-13(12)17-15(16)18-14/h3-6,11H,2,7-10H2,1H3,(H2,16,17,18). The summed E-state index contributed by atoms with van der Waals surface area (Å²) >= 11 is 0. The van der Waals surface area contributed by atoms with Crippen molar-refractivity contribution in [2.75, 3.05) is 23.7 Å². The number of aromatic nitrogens is 2. The third-order valence-electron chi connectivity index (χ3n) is 3.57. The summed E-state index contributed by atoms with van der Waals surface area (Å²) in [6.07, 6.45) is 3.81. The second kappa shape index (κ2) is 5.03. The Kier molecular flexibility index (Phi) is 3.23. The normalized spacial score (nSPS) is 14.8. The van der Waals surface area contributed by atoms with E-state index >= 15 is 0 Å². The highest BCUT2D eigenvalue weighted by atomic mass is 15.2. The average molecular weight is 256 g/mol. The van der Waals surface area contributed by atoms with Crippen LogP contribution in [0.5, 0.6) is 0 Å². The van der Waals surface area contributed by atoms with Gasteiger partial charge < -0.3 is 10.6 Å². The second-order valence-corrected chi connectivity index (χ2v) is 5.31. The molecule has 1 aromatic heterocycles. The second-order valence-electron chi connectivity index (χ2n) is 5.31. The number of nitrogen functional groups attached to an aromatic ring is 1. The molecule has 3 rings (SSSR count). The minimum atomic E-state index is 0.366. The lowest BCUT2D eigenvalue weighted by molar-refractivity contribution is 0.701. The Morgan fingerprint density at radius 1 is 1.26 bits per heavy atom. The Hall–Kier alpha value is -1.84. The van der Waals surface area contributed by atoms with Gasteiger partial charge >= 0.3 is 0 Å². The fourth-order valence-electron chi connectivity index (χ4n) is 2.48. The molecule has 4 heteroatoms. The van der Waals surface area contributed by atoms with Crippen LogP contribution in [0, 0.1) is 5.92 Å². The van der Waals surface area contributed by atoms with Crippen LogP contribution in [0.4, 0.5) is 11.8 Å². The van der Waals surface area contributed by atoms with E-state index in [-0.39, 0.29) is 0 Å². The fourth-order valence-corrected chi connectivity index (χ4v) is 2.48. The molecule has 19 heavy (non-hydrogen) atoms. The van der Waals surface area contributed by atoms with Crippen LogP contribution in [-0.4, -0.2) is 23.1 Å². The topological polar surface area (TPSA) is 55.0 Å². The Labute approximate surface area is 113 Å². The molecule has 0 saturated heterocycles. The van der Waals surface area contributed by atoms with Crippen molar-refractivity contribution in [3.63, 3.8) is 0 Å². The number of nitrogens with zero attached hydrogens (tertiary/aromatic N) is 3. The number of anilines is 2. The molecule has 0 spiro atoms. The first-order valence-corrected chi connectivity index (χ1v) is 7.05. The van der Waals surface area contributed by atoms with Gasteiger partial charge in [0.05, 0.1) is 5.52 Å². The summed E-state index contributed by atoms with van der Waals surface area (Å²) in [4.78, 5) is 11.2. The molecular weight excluding hydrogens is 236 g/mol. The Morgan fingerprint density at radius 3 is 2.79 bits per heavy atom. The van der Waals surface area contributed by atoms with Gasteiger partial charge in [-0.05, 0) is 37.3 Å². The molecule has 0 aliphatic heterocycles. The molecule has 1 aromatic carbocycles. The molecule has 1 heterocycles. The van der Waals surface area contributed by atoms with Crippen LogP contribution in [0.2, 0.25) is 0 Å². The smallest absolute Gasteiger partial charge is 0.222 e. The summed E-state index contributed by atoms with van der Waals surface area (Å²) in [7, 11) is 0. The van der Waals surface area contributed by atoms with Crippen LogP contribution in [0.3, 0.4) is 0 Å². The maximum absolute atomic E-state index is 5.86. The lowest BCUT2D eigenvalue weighted by Crippen LogP contribution is -2.28. The van der Waals surface area contributed by atoms with Gasteiger partial charge in [0.1, 0.15) is 5.82 Å². The zero-order valence-corrected chi connectivity index (χ0v) is 11.3. The van der Waals surface area contributed by atoms with Crippen LogP contribution < -0.4 is 10.6 Å². The molecule has 1 aliphatic rings. The highest BCUT2D eigenvalue weighted by molar-refractivity contribution is 5.90. The lowest BCUT2D eigenvalue weighted by Gasteiger charge is -2.24. The van der Waals surface area contributed by atoms with E-state index in [1.165, 1.54) is 12.8 Å². The minimum absolute atomic E-state index is 0.366. The van der Waals surface area contributed by atoms with Gasteiger partial charge in [-0.1, -0.05) is 19.1 Å². The summed E-state index contributed by atoms with van der Waals surface area (Å²) < 4.78 is 0. The molecule has 0 unspecified atom stereocenters. The van der Waals surface area contributed by atoms with E-state index in [1.807, 2.05) is 18.2 Å². The Bertz CT molecular complexity index is 577. The van der Waals surface area contributed by atoms with E-state index in [9.17, 15) is 0 Å². The predicted octanol–water partition coefficient (Wildman–Crippen LogP) is 2.84. The van der Waals surface area contributed by atoms with E-state index in [1.54, 1.807) is 0 Å².